The summed E-state index contributed by atoms with van der Waals surface area (Å²) in [6, 6.07) is 0.755. The van der Waals surface area contributed by atoms with Crippen LogP contribution in [-0.4, -0.2) is 36.5 Å². The van der Waals surface area contributed by atoms with Gasteiger partial charge in [0.05, 0.1) is 6.04 Å². The number of nitrogens with one attached hydrogen (secondary N) is 1. The monoisotopic (exact) mass is 168 g/mol. The summed E-state index contributed by atoms with van der Waals surface area (Å²) in [5.41, 5.74) is 0. The first-order valence-electron chi connectivity index (χ1n) is 4.78. The molecule has 1 unspecified atom stereocenters. The Morgan fingerprint density at radius 1 is 1.42 bits per heavy atom. The molecule has 0 aromatic rings. The summed E-state index contributed by atoms with van der Waals surface area (Å²) >= 11 is 0. The highest BCUT2D eigenvalue weighted by atomic mass is 16.2. The standard InChI is InChI=1S/C9H16N2O/c1-11-6-5-8(9(11)12)10-7-3-2-4-7/h7-8,10H,2-6H2,1H3. The Bertz CT molecular complexity index is 189. The molecule has 1 saturated carbocycles. The molecule has 2 fully saturated rings. The first kappa shape index (κ1) is 8.05. The molecule has 1 atom stereocenters. The van der Waals surface area contributed by atoms with E-state index >= 15 is 0 Å². The summed E-state index contributed by atoms with van der Waals surface area (Å²) in [6.45, 7) is 0.920. The van der Waals surface area contributed by atoms with Crippen LogP contribution in [-0.2, 0) is 4.79 Å². The number of rotatable bonds is 2. The maximum Gasteiger partial charge on any atom is 0.239 e. The summed E-state index contributed by atoms with van der Waals surface area (Å²) in [4.78, 5) is 13.3. The second-order valence-corrected chi connectivity index (χ2v) is 3.90. The van der Waals surface area contributed by atoms with Gasteiger partial charge in [0.2, 0.25) is 5.91 Å². The van der Waals surface area contributed by atoms with Crippen molar-refractivity contribution in [2.45, 2.75) is 37.8 Å². The Morgan fingerprint density at radius 2 is 2.17 bits per heavy atom. The third-order valence-corrected chi connectivity index (χ3v) is 2.97. The molecule has 1 aliphatic heterocycles. The highest BCUT2D eigenvalue weighted by Crippen LogP contribution is 2.20. The zero-order valence-electron chi connectivity index (χ0n) is 7.55. The predicted molar refractivity (Wildman–Crippen MR) is 46.8 cm³/mol. The molecule has 2 aliphatic rings. The van der Waals surface area contributed by atoms with Crippen molar-refractivity contribution >= 4 is 5.91 Å². The molecule has 0 aromatic carbocycles. The van der Waals surface area contributed by atoms with E-state index in [1.165, 1.54) is 19.3 Å². The summed E-state index contributed by atoms with van der Waals surface area (Å²) in [5.74, 6) is 0.280. The normalized spacial score (nSPS) is 30.9. The van der Waals surface area contributed by atoms with Gasteiger partial charge < -0.3 is 10.2 Å². The van der Waals surface area contributed by atoms with E-state index < -0.39 is 0 Å². The van der Waals surface area contributed by atoms with Gasteiger partial charge in [-0.3, -0.25) is 4.79 Å². The largest absolute Gasteiger partial charge is 0.344 e. The van der Waals surface area contributed by atoms with Crippen molar-refractivity contribution < 1.29 is 4.79 Å². The minimum Gasteiger partial charge on any atom is -0.344 e. The lowest BCUT2D eigenvalue weighted by Crippen LogP contribution is -2.45. The third kappa shape index (κ3) is 1.33. The minimum absolute atomic E-state index is 0.125. The molecule has 0 radical (unpaired) electrons. The van der Waals surface area contributed by atoms with Crippen molar-refractivity contribution in [1.29, 1.82) is 0 Å². The van der Waals surface area contributed by atoms with Crippen molar-refractivity contribution in [1.82, 2.24) is 10.2 Å². The van der Waals surface area contributed by atoms with Crippen LogP contribution in [0.4, 0.5) is 0 Å². The number of likely N-dealkylation sites (N-methyl/N-ethyl adjacent to an activating group) is 1. The van der Waals surface area contributed by atoms with Gasteiger partial charge in [-0.05, 0) is 19.3 Å². The average molecular weight is 168 g/mol. The van der Waals surface area contributed by atoms with Crippen LogP contribution in [0, 0.1) is 0 Å². The van der Waals surface area contributed by atoms with Gasteiger partial charge in [0, 0.05) is 19.6 Å². The SMILES string of the molecule is CN1CCC(NC2CCC2)C1=O. The average Bonchev–Trinajstić information content (AvgIpc) is 2.27. The van der Waals surface area contributed by atoms with Crippen LogP contribution in [0.25, 0.3) is 0 Å². The van der Waals surface area contributed by atoms with E-state index in [2.05, 4.69) is 5.32 Å². The number of hydrogen-bond donors (Lipinski definition) is 1. The van der Waals surface area contributed by atoms with Crippen LogP contribution < -0.4 is 5.32 Å². The second kappa shape index (κ2) is 3.05. The Kier molecular flexibility index (Phi) is 2.05. The van der Waals surface area contributed by atoms with Crippen LogP contribution in [0.5, 0.6) is 0 Å². The van der Waals surface area contributed by atoms with Crippen molar-refractivity contribution in [3.63, 3.8) is 0 Å². The van der Waals surface area contributed by atoms with E-state index in [1.807, 2.05) is 11.9 Å². The van der Waals surface area contributed by atoms with Gasteiger partial charge in [0.15, 0.2) is 0 Å². The second-order valence-electron chi connectivity index (χ2n) is 3.90. The van der Waals surface area contributed by atoms with Gasteiger partial charge in [-0.2, -0.15) is 0 Å². The van der Waals surface area contributed by atoms with Crippen LogP contribution in [0.3, 0.4) is 0 Å². The van der Waals surface area contributed by atoms with Gasteiger partial charge in [-0.25, -0.2) is 0 Å². The molecule has 2 rings (SSSR count). The summed E-state index contributed by atoms with van der Waals surface area (Å²) in [6.07, 6.45) is 4.83. The molecule has 68 valence electrons. The van der Waals surface area contributed by atoms with Gasteiger partial charge in [-0.1, -0.05) is 6.42 Å². The molecule has 1 heterocycles. The van der Waals surface area contributed by atoms with E-state index in [-0.39, 0.29) is 11.9 Å². The number of carbonyl (C=O) groups excluding carboxylic acids is 1. The van der Waals surface area contributed by atoms with Crippen molar-refractivity contribution in [2.75, 3.05) is 13.6 Å². The summed E-state index contributed by atoms with van der Waals surface area (Å²) < 4.78 is 0. The number of nitrogens with zero attached hydrogens (tertiary/aromatic N) is 1. The highest BCUT2D eigenvalue weighted by Gasteiger charge is 2.31. The minimum atomic E-state index is 0.125. The van der Waals surface area contributed by atoms with E-state index in [9.17, 15) is 4.79 Å². The van der Waals surface area contributed by atoms with Crippen molar-refractivity contribution in [3.8, 4) is 0 Å². The van der Waals surface area contributed by atoms with Gasteiger partial charge >= 0.3 is 0 Å². The molecule has 1 amide bonds. The number of likely N-dealkylation sites (tertiary alicyclic amines) is 1. The molecule has 0 aromatic heterocycles. The molecular weight excluding hydrogens is 152 g/mol. The van der Waals surface area contributed by atoms with Crippen LogP contribution >= 0.6 is 0 Å². The van der Waals surface area contributed by atoms with E-state index in [0.717, 1.165) is 13.0 Å². The van der Waals surface area contributed by atoms with Crippen LogP contribution in [0.15, 0.2) is 0 Å². The number of amides is 1. The van der Waals surface area contributed by atoms with Crippen molar-refractivity contribution in [3.05, 3.63) is 0 Å². The topological polar surface area (TPSA) is 32.3 Å². The Morgan fingerprint density at radius 3 is 2.58 bits per heavy atom. The third-order valence-electron chi connectivity index (χ3n) is 2.97. The number of carbonyl (C=O) groups is 1. The zero-order chi connectivity index (χ0) is 8.55. The molecule has 1 saturated heterocycles. The number of hydrogen-bond acceptors (Lipinski definition) is 2. The maximum absolute atomic E-state index is 11.4. The van der Waals surface area contributed by atoms with Gasteiger partial charge in [0.1, 0.15) is 0 Å². The van der Waals surface area contributed by atoms with E-state index in [4.69, 9.17) is 0 Å². The fraction of sp³-hybridized carbons (Fsp3) is 0.889. The molecular formula is C9H16N2O. The first-order valence-corrected chi connectivity index (χ1v) is 4.78. The lowest BCUT2D eigenvalue weighted by atomic mass is 9.92. The molecule has 1 aliphatic carbocycles. The predicted octanol–water partition coefficient (Wildman–Crippen LogP) is 0.359. The van der Waals surface area contributed by atoms with Crippen LogP contribution in [0.1, 0.15) is 25.7 Å². The maximum atomic E-state index is 11.4. The molecule has 3 heteroatoms. The lowest BCUT2D eigenvalue weighted by molar-refractivity contribution is -0.128. The molecule has 0 spiro atoms. The van der Waals surface area contributed by atoms with Crippen molar-refractivity contribution in [2.24, 2.45) is 0 Å². The van der Waals surface area contributed by atoms with Gasteiger partial charge in [-0.15, -0.1) is 0 Å². The fourth-order valence-electron chi connectivity index (χ4n) is 1.84. The summed E-state index contributed by atoms with van der Waals surface area (Å²) in [7, 11) is 1.88. The smallest absolute Gasteiger partial charge is 0.239 e. The quantitative estimate of drug-likeness (QED) is 0.645. The zero-order valence-corrected chi connectivity index (χ0v) is 7.55. The van der Waals surface area contributed by atoms with Crippen LogP contribution in [0.2, 0.25) is 0 Å². The molecule has 3 nitrogen and oxygen atoms in total. The molecule has 0 bridgehead atoms. The highest BCUT2D eigenvalue weighted by molar-refractivity contribution is 5.83. The lowest BCUT2D eigenvalue weighted by Gasteiger charge is -2.29. The van der Waals surface area contributed by atoms with Gasteiger partial charge in [0.25, 0.3) is 0 Å². The summed E-state index contributed by atoms with van der Waals surface area (Å²) in [5, 5.41) is 3.40. The fourth-order valence-corrected chi connectivity index (χ4v) is 1.84. The van der Waals surface area contributed by atoms with E-state index in [1.54, 1.807) is 0 Å². The van der Waals surface area contributed by atoms with E-state index in [0.29, 0.717) is 6.04 Å². The molecule has 1 N–H and O–H groups in total. The Hall–Kier alpha value is -0.570. The Labute approximate surface area is 73.1 Å². The first-order chi connectivity index (χ1) is 5.77. The Balaban J connectivity index is 1.83. The molecule has 12 heavy (non-hydrogen) atoms.